The Morgan fingerprint density at radius 2 is 0.570 bits per heavy atom. The van der Waals surface area contributed by atoms with E-state index in [4.69, 9.17) is 86.4 Å². The van der Waals surface area contributed by atoms with Gasteiger partial charge in [-0.3, -0.25) is 28.8 Å². The van der Waals surface area contributed by atoms with Gasteiger partial charge < -0.3 is 60.3 Å². The molecule has 0 bridgehead atoms. The molecule has 6 heterocycles. The summed E-state index contributed by atoms with van der Waals surface area (Å²) >= 11 is 31.7. The van der Waals surface area contributed by atoms with Crippen molar-refractivity contribution >= 4 is 93.4 Å². The second-order valence-electron chi connectivity index (χ2n) is 34.0. The molecule has 6 atom stereocenters. The van der Waals surface area contributed by atoms with Gasteiger partial charge in [0.05, 0.1) is 44.8 Å². The molecule has 135 heavy (non-hydrogen) atoms. The summed E-state index contributed by atoms with van der Waals surface area (Å²) in [6, 6.07) is 62.4. The van der Waals surface area contributed by atoms with Crippen LogP contribution in [0.3, 0.4) is 0 Å². The van der Waals surface area contributed by atoms with E-state index in [9.17, 15) is 46.3 Å². The van der Waals surface area contributed by atoms with Crippen molar-refractivity contribution in [1.29, 1.82) is 0 Å². The molecule has 6 aliphatic heterocycles. The smallest absolute Gasteiger partial charge is 0.217 e. The van der Waals surface area contributed by atoms with Crippen molar-refractivity contribution in [3.63, 3.8) is 0 Å². The molecular weight excluding hydrogens is 1830 g/mol. The number of aryl methyl sites for hydroxylation is 5. The fraction of sp³-hybridized carbons (Fsp3) is 0.278. The monoisotopic (exact) mass is 1930 g/mol. The van der Waals surface area contributed by atoms with Crippen molar-refractivity contribution in [3.05, 3.63) is 316 Å². The van der Waals surface area contributed by atoms with Crippen molar-refractivity contribution < 1.29 is 74.8 Å². The Morgan fingerprint density at radius 1 is 0.289 bits per heavy atom. The molecule has 6 N–H and O–H groups in total. The summed E-state index contributed by atoms with van der Waals surface area (Å²) in [5.41, 5.74) is 21.1. The van der Waals surface area contributed by atoms with Gasteiger partial charge >= 0.3 is 0 Å². The zero-order chi connectivity index (χ0) is 96.6. The SMILES string of the molecule is CC(=O)NCC1Cc2cc(C)cc(-c3ccccc3Cl)c2O1.CC(=O)NCC1Cc2cc(Cl)cc(-c3ccccc3Cl)c2O1.CC(=O)NCC1Cc2cc(F)cc(-c3c(F)cccc3F)c2O1.CC(=O)NC[C@H]1Cc2cc(C)cc(-c3c(C)cccc3Cl)c2O1.CC(=O)NC[C@H]1Cc2cc(F)cc(-c3ccccc3C)c2O1.CCc1cc2c(c(-c3ccccc3Cl)c1)OC(CNC(C)=O)C2. The minimum atomic E-state index is -0.785. The summed E-state index contributed by atoms with van der Waals surface area (Å²) in [4.78, 5) is 66.4. The molecule has 18 rings (SSSR count). The first-order valence-electron chi connectivity index (χ1n) is 44.5. The van der Waals surface area contributed by atoms with E-state index >= 15 is 0 Å². The fourth-order valence-corrected chi connectivity index (χ4v) is 18.4. The number of amides is 6. The molecular formula is C108H105Cl5F4N6O12. The first kappa shape index (κ1) is 99.9. The van der Waals surface area contributed by atoms with Crippen molar-refractivity contribution in [3.8, 4) is 101 Å². The van der Waals surface area contributed by atoms with Crippen molar-refractivity contribution in [2.24, 2.45) is 0 Å². The highest BCUT2D eigenvalue weighted by Gasteiger charge is 2.35. The van der Waals surface area contributed by atoms with Gasteiger partial charge in [0.25, 0.3) is 0 Å². The average molecular weight is 1930 g/mol. The number of fused-ring (bicyclic) bond motifs is 6. The van der Waals surface area contributed by atoms with Gasteiger partial charge in [0, 0.05) is 178 Å². The van der Waals surface area contributed by atoms with Crippen LogP contribution in [0.4, 0.5) is 17.6 Å². The highest BCUT2D eigenvalue weighted by molar-refractivity contribution is 6.35. The Hall–Kier alpha value is -12.6. The summed E-state index contributed by atoms with van der Waals surface area (Å²) in [6.07, 6.45) is 4.33. The maximum atomic E-state index is 14.0. The first-order valence-corrected chi connectivity index (χ1v) is 46.4. The van der Waals surface area contributed by atoms with E-state index in [-0.39, 0.29) is 95.2 Å². The number of nitrogens with one attached hydrogen (secondary N) is 6. The lowest BCUT2D eigenvalue weighted by atomic mass is 9.95. The zero-order valence-corrected chi connectivity index (χ0v) is 80.4. The third-order valence-corrected chi connectivity index (χ3v) is 24.7. The molecule has 18 nitrogen and oxygen atoms in total. The molecule has 4 unspecified atom stereocenters. The average Bonchev–Trinajstić information content (AvgIpc) is 1.69. The fourth-order valence-electron chi connectivity index (χ4n) is 17.1. The highest BCUT2D eigenvalue weighted by atomic mass is 35.5. The maximum Gasteiger partial charge on any atom is 0.217 e. The van der Waals surface area contributed by atoms with Gasteiger partial charge in [0.1, 0.15) is 94.4 Å². The standard InChI is InChI=1S/2C19H20ClNO2.C18H18ClNO2.C18H18FNO2.C17H15Cl2NO2.C17H14F3NO2/c1-11-7-14-9-15(10-21-13(3)22)23-19(14)16(8-11)18-12(2)5-4-6-17(18)20;1-3-13-8-14-10-15(11-21-12(2)22)23-19(14)17(9-13)16-6-4-5-7-18(16)20;1-11-7-13-9-14(10-20-12(2)21)22-18(13)16(8-11)15-5-3-4-6-17(15)19;1-11-5-3-4-6-16(11)17-9-14(19)7-13-8-15(22-18(13)17)10-20-12(2)21;1-10(21)20-9-13-7-11-6-12(18)8-15(17(11)22-13)14-4-2-3-5-16(14)19;1-9(22)21-8-12-6-10-5-11(18)7-13(17(10)23-12)16-14(19)3-2-4-15(16)20/h4-8,15H,9-10H2,1-3H3,(H,21,22);4-9,15H,3,10-11H2,1-2H3,(H,21,22);3-8,14H,9-10H2,1-2H3,(H,20,21);3-7,9,15H,8,10H2,1-2H3,(H,20,21);2-6,8,13H,7,9H2,1H3,(H,20,21);2-5,7,12H,6,8H2,1H3,(H,21,22)/t15-;;;15-;;/m1..1../s1. The number of carbonyl (C=O) groups is 6. The predicted octanol–water partition coefficient (Wildman–Crippen LogP) is 22.4. The van der Waals surface area contributed by atoms with Crippen molar-refractivity contribution in [2.45, 2.75) is 158 Å². The van der Waals surface area contributed by atoms with Crippen LogP contribution in [0.15, 0.2) is 206 Å². The second kappa shape index (κ2) is 45.6. The van der Waals surface area contributed by atoms with Gasteiger partial charge in [-0.2, -0.15) is 0 Å². The van der Waals surface area contributed by atoms with Crippen LogP contribution in [-0.4, -0.2) is 111 Å². The normalized spacial score (nSPS) is 16.0. The summed E-state index contributed by atoms with van der Waals surface area (Å²) in [7, 11) is 0. The minimum absolute atomic E-state index is 0.0257. The largest absolute Gasteiger partial charge is 0.487 e. The molecule has 0 radical (unpaired) electrons. The van der Waals surface area contributed by atoms with E-state index in [1.54, 1.807) is 0 Å². The molecule has 0 saturated heterocycles. The van der Waals surface area contributed by atoms with Gasteiger partial charge in [-0.15, -0.1) is 0 Å². The molecule has 0 spiro atoms. The second-order valence-corrected chi connectivity index (χ2v) is 36.0. The third kappa shape index (κ3) is 25.7. The maximum absolute atomic E-state index is 14.0. The van der Waals surface area contributed by atoms with E-state index < -0.39 is 23.6 Å². The van der Waals surface area contributed by atoms with Crippen LogP contribution in [0.25, 0.3) is 66.8 Å². The number of hydrogen-bond donors (Lipinski definition) is 6. The van der Waals surface area contributed by atoms with E-state index in [0.717, 1.165) is 161 Å². The number of rotatable bonds is 19. The van der Waals surface area contributed by atoms with Crippen LogP contribution >= 0.6 is 58.0 Å². The van der Waals surface area contributed by atoms with Gasteiger partial charge in [-0.1, -0.05) is 180 Å². The molecule has 0 saturated carbocycles. The molecule has 702 valence electrons. The topological polar surface area (TPSA) is 230 Å². The summed E-state index contributed by atoms with van der Waals surface area (Å²) in [6.45, 7) is 21.9. The van der Waals surface area contributed by atoms with Gasteiger partial charge in [-0.05, 0) is 175 Å². The molecule has 12 aromatic carbocycles. The Kier molecular flexibility index (Phi) is 33.8. The summed E-state index contributed by atoms with van der Waals surface area (Å²) in [5.74, 6) is 1.54. The number of benzene rings is 12. The van der Waals surface area contributed by atoms with Crippen molar-refractivity contribution in [1.82, 2.24) is 31.9 Å². The molecule has 27 heteroatoms. The van der Waals surface area contributed by atoms with Gasteiger partial charge in [-0.25, -0.2) is 17.6 Å². The summed E-state index contributed by atoms with van der Waals surface area (Å²) < 4.78 is 91.8. The molecule has 0 aliphatic carbocycles. The Morgan fingerprint density at radius 3 is 0.933 bits per heavy atom. The Labute approximate surface area is 808 Å². The predicted molar refractivity (Wildman–Crippen MR) is 525 cm³/mol. The number of ether oxygens (including phenoxy) is 6. The minimum Gasteiger partial charge on any atom is -0.487 e. The highest BCUT2D eigenvalue weighted by Crippen LogP contribution is 2.50. The van der Waals surface area contributed by atoms with Crippen LogP contribution in [0, 0.1) is 51.0 Å². The molecule has 0 aromatic heterocycles. The molecule has 6 amide bonds. The summed E-state index contributed by atoms with van der Waals surface area (Å²) in [5, 5.41) is 20.1. The quantitative estimate of drug-likeness (QED) is 0.0415. The molecule has 6 aliphatic rings. The van der Waals surface area contributed by atoms with Gasteiger partial charge in [0.2, 0.25) is 35.4 Å². The number of halogens is 9. The van der Waals surface area contributed by atoms with Crippen LogP contribution < -0.4 is 60.3 Å². The van der Waals surface area contributed by atoms with Gasteiger partial charge in [0.15, 0.2) is 0 Å². The molecule has 0 fully saturated rings. The zero-order valence-electron chi connectivity index (χ0n) is 76.6. The molecule has 12 aromatic rings. The van der Waals surface area contributed by atoms with E-state index in [1.165, 1.54) is 99.2 Å². The van der Waals surface area contributed by atoms with E-state index in [0.29, 0.717) is 72.6 Å². The lowest BCUT2D eigenvalue weighted by Crippen LogP contribution is -2.32. The van der Waals surface area contributed by atoms with E-state index in [2.05, 4.69) is 102 Å². The Balaban J connectivity index is 0.000000137. The van der Waals surface area contributed by atoms with Crippen LogP contribution in [-0.2, 0) is 73.7 Å². The lowest BCUT2D eigenvalue weighted by molar-refractivity contribution is -0.120. The van der Waals surface area contributed by atoms with E-state index in [1.807, 2.05) is 128 Å². The Bertz CT molecular complexity index is 5970. The number of hydrogen-bond acceptors (Lipinski definition) is 12. The van der Waals surface area contributed by atoms with Crippen LogP contribution in [0.5, 0.6) is 34.5 Å². The van der Waals surface area contributed by atoms with Crippen LogP contribution in [0.2, 0.25) is 25.1 Å². The van der Waals surface area contributed by atoms with Crippen LogP contribution in [0.1, 0.15) is 110 Å². The number of carbonyl (C=O) groups excluding carboxylic acids is 6. The van der Waals surface area contributed by atoms with Crippen molar-refractivity contribution in [2.75, 3.05) is 39.3 Å². The lowest BCUT2D eigenvalue weighted by Gasteiger charge is -2.15. The third-order valence-electron chi connectivity index (χ3n) is 23.2. The first-order chi connectivity index (χ1) is 64.6.